The highest BCUT2D eigenvalue weighted by atomic mass is 16.1. The maximum atomic E-state index is 12.7. The lowest BCUT2D eigenvalue weighted by atomic mass is 9.70. The third-order valence-electron chi connectivity index (χ3n) is 4.76. The van der Waals surface area contributed by atoms with Gasteiger partial charge < -0.3 is 5.32 Å². The average Bonchev–Trinajstić information content (AvgIpc) is 2.40. The Morgan fingerprint density at radius 1 is 1.25 bits per heavy atom. The molecule has 0 bridgehead atoms. The highest BCUT2D eigenvalue weighted by molar-refractivity contribution is 5.93. The summed E-state index contributed by atoms with van der Waals surface area (Å²) < 4.78 is 0. The number of hydrogen-bond acceptors (Lipinski definition) is 1. The van der Waals surface area contributed by atoms with Gasteiger partial charge in [0.2, 0.25) is 5.91 Å². The number of rotatable bonds is 3. The topological polar surface area (TPSA) is 29.1 Å². The average molecular weight is 273 g/mol. The monoisotopic (exact) mass is 273 g/mol. The molecule has 1 saturated carbocycles. The molecule has 0 heterocycles. The molecule has 110 valence electrons. The Morgan fingerprint density at radius 2 is 1.95 bits per heavy atom. The normalized spacial score (nSPS) is 26.6. The SMILES string of the molecule is Cc1ccccc1NC(=O)[C@@H]1C[C@H](C)CC[C@H]1C(C)C. The van der Waals surface area contributed by atoms with Crippen molar-refractivity contribution in [1.82, 2.24) is 0 Å². The Morgan fingerprint density at radius 3 is 2.60 bits per heavy atom. The third-order valence-corrected chi connectivity index (χ3v) is 4.76. The predicted octanol–water partition coefficient (Wildman–Crippen LogP) is 4.64. The molecule has 2 heteroatoms. The fraction of sp³-hybridized carbons (Fsp3) is 0.611. The van der Waals surface area contributed by atoms with E-state index in [1.807, 2.05) is 31.2 Å². The molecule has 2 nitrogen and oxygen atoms in total. The van der Waals surface area contributed by atoms with Crippen LogP contribution in [0.25, 0.3) is 0 Å². The molecule has 1 aromatic carbocycles. The lowest BCUT2D eigenvalue weighted by Crippen LogP contribution is -2.36. The van der Waals surface area contributed by atoms with Gasteiger partial charge in [-0.15, -0.1) is 0 Å². The summed E-state index contributed by atoms with van der Waals surface area (Å²) in [5.41, 5.74) is 2.09. The zero-order valence-electron chi connectivity index (χ0n) is 13.1. The van der Waals surface area contributed by atoms with Crippen molar-refractivity contribution < 1.29 is 4.79 Å². The molecule has 0 aliphatic heterocycles. The van der Waals surface area contributed by atoms with Crippen LogP contribution in [-0.2, 0) is 4.79 Å². The van der Waals surface area contributed by atoms with Gasteiger partial charge in [-0.3, -0.25) is 4.79 Å². The van der Waals surface area contributed by atoms with E-state index in [0.717, 1.165) is 17.7 Å². The van der Waals surface area contributed by atoms with E-state index in [4.69, 9.17) is 0 Å². The third kappa shape index (κ3) is 3.41. The Balaban J connectivity index is 2.11. The van der Waals surface area contributed by atoms with Gasteiger partial charge in [0.15, 0.2) is 0 Å². The maximum absolute atomic E-state index is 12.7. The van der Waals surface area contributed by atoms with E-state index in [1.165, 1.54) is 12.8 Å². The molecule has 1 N–H and O–H groups in total. The van der Waals surface area contributed by atoms with Crippen LogP contribution in [0.1, 0.15) is 45.6 Å². The fourth-order valence-electron chi connectivity index (χ4n) is 3.44. The lowest BCUT2D eigenvalue weighted by Gasteiger charge is -2.36. The summed E-state index contributed by atoms with van der Waals surface area (Å²) in [6.07, 6.45) is 3.47. The van der Waals surface area contributed by atoms with Crippen LogP contribution in [0.3, 0.4) is 0 Å². The molecule has 2 rings (SSSR count). The van der Waals surface area contributed by atoms with E-state index < -0.39 is 0 Å². The van der Waals surface area contributed by atoms with Gasteiger partial charge in [0.1, 0.15) is 0 Å². The van der Waals surface area contributed by atoms with Crippen molar-refractivity contribution in [3.05, 3.63) is 29.8 Å². The van der Waals surface area contributed by atoms with E-state index in [2.05, 4.69) is 26.1 Å². The Kier molecular flexibility index (Phi) is 4.85. The first-order valence-corrected chi connectivity index (χ1v) is 7.85. The van der Waals surface area contributed by atoms with Crippen LogP contribution in [0, 0.1) is 30.6 Å². The second-order valence-electron chi connectivity index (χ2n) is 6.74. The molecule has 0 spiro atoms. The van der Waals surface area contributed by atoms with Crippen molar-refractivity contribution in [2.75, 3.05) is 5.32 Å². The zero-order chi connectivity index (χ0) is 14.7. The minimum atomic E-state index is 0.165. The fourth-order valence-corrected chi connectivity index (χ4v) is 3.44. The first-order chi connectivity index (χ1) is 9.49. The molecule has 1 fully saturated rings. The predicted molar refractivity (Wildman–Crippen MR) is 84.6 cm³/mol. The standard InChI is InChI=1S/C18H27NO/c1-12(2)15-10-9-13(3)11-16(15)18(20)19-17-8-6-5-7-14(17)4/h5-8,12-13,15-16H,9-11H2,1-4H3,(H,19,20)/t13-,15+,16-/m1/s1. The molecule has 0 aromatic heterocycles. The van der Waals surface area contributed by atoms with Gasteiger partial charge in [-0.25, -0.2) is 0 Å². The number of hydrogen-bond donors (Lipinski definition) is 1. The van der Waals surface area contributed by atoms with Gasteiger partial charge in [0, 0.05) is 11.6 Å². The van der Waals surface area contributed by atoms with Crippen molar-refractivity contribution >= 4 is 11.6 Å². The molecule has 0 unspecified atom stereocenters. The van der Waals surface area contributed by atoms with Crippen LogP contribution in [-0.4, -0.2) is 5.91 Å². The first kappa shape index (κ1) is 15.1. The van der Waals surface area contributed by atoms with Gasteiger partial charge in [-0.1, -0.05) is 45.4 Å². The minimum Gasteiger partial charge on any atom is -0.326 e. The molecule has 0 saturated heterocycles. The molecule has 0 radical (unpaired) electrons. The van der Waals surface area contributed by atoms with Crippen molar-refractivity contribution in [1.29, 1.82) is 0 Å². The van der Waals surface area contributed by atoms with Gasteiger partial charge >= 0.3 is 0 Å². The largest absolute Gasteiger partial charge is 0.326 e. The van der Waals surface area contributed by atoms with E-state index in [0.29, 0.717) is 17.8 Å². The van der Waals surface area contributed by atoms with Crippen LogP contribution in [0.4, 0.5) is 5.69 Å². The van der Waals surface area contributed by atoms with Crippen molar-refractivity contribution in [2.24, 2.45) is 23.7 Å². The molecule has 1 amide bonds. The number of nitrogens with one attached hydrogen (secondary N) is 1. The number of carbonyl (C=O) groups is 1. The summed E-state index contributed by atoms with van der Waals surface area (Å²) in [7, 11) is 0. The first-order valence-electron chi connectivity index (χ1n) is 7.85. The molecular weight excluding hydrogens is 246 g/mol. The van der Waals surface area contributed by atoms with Crippen LogP contribution in [0.2, 0.25) is 0 Å². The van der Waals surface area contributed by atoms with Gasteiger partial charge in [0.05, 0.1) is 0 Å². The Labute approximate surface area is 123 Å². The van der Waals surface area contributed by atoms with E-state index in [-0.39, 0.29) is 11.8 Å². The second kappa shape index (κ2) is 6.43. The van der Waals surface area contributed by atoms with Crippen molar-refractivity contribution in [3.63, 3.8) is 0 Å². The van der Waals surface area contributed by atoms with E-state index in [9.17, 15) is 4.79 Å². The highest BCUT2D eigenvalue weighted by Crippen LogP contribution is 2.38. The quantitative estimate of drug-likeness (QED) is 0.854. The lowest BCUT2D eigenvalue weighted by molar-refractivity contribution is -0.124. The molecular formula is C18H27NO. The zero-order valence-corrected chi connectivity index (χ0v) is 13.1. The van der Waals surface area contributed by atoms with Crippen molar-refractivity contribution in [3.8, 4) is 0 Å². The highest BCUT2D eigenvalue weighted by Gasteiger charge is 2.35. The summed E-state index contributed by atoms with van der Waals surface area (Å²) in [5.74, 6) is 2.14. The number of amides is 1. The van der Waals surface area contributed by atoms with Gasteiger partial charge in [0.25, 0.3) is 0 Å². The summed E-state index contributed by atoms with van der Waals surface area (Å²) >= 11 is 0. The second-order valence-corrected chi connectivity index (χ2v) is 6.74. The van der Waals surface area contributed by atoms with Crippen LogP contribution >= 0.6 is 0 Å². The molecule has 3 atom stereocenters. The van der Waals surface area contributed by atoms with Gasteiger partial charge in [-0.2, -0.15) is 0 Å². The van der Waals surface area contributed by atoms with Crippen LogP contribution < -0.4 is 5.32 Å². The molecule has 1 aromatic rings. The maximum Gasteiger partial charge on any atom is 0.227 e. The number of benzene rings is 1. The smallest absolute Gasteiger partial charge is 0.227 e. The molecule has 1 aliphatic carbocycles. The van der Waals surface area contributed by atoms with E-state index in [1.54, 1.807) is 0 Å². The molecule has 1 aliphatic rings. The minimum absolute atomic E-state index is 0.165. The summed E-state index contributed by atoms with van der Waals surface area (Å²) in [6.45, 7) is 8.80. The number of anilines is 1. The van der Waals surface area contributed by atoms with Crippen LogP contribution in [0.5, 0.6) is 0 Å². The Bertz CT molecular complexity index is 466. The Hall–Kier alpha value is -1.31. The summed E-state index contributed by atoms with van der Waals surface area (Å²) in [6, 6.07) is 8.01. The number of aryl methyl sites for hydroxylation is 1. The molecule has 20 heavy (non-hydrogen) atoms. The van der Waals surface area contributed by atoms with Crippen molar-refractivity contribution in [2.45, 2.75) is 47.0 Å². The number of carbonyl (C=O) groups excluding carboxylic acids is 1. The van der Waals surface area contributed by atoms with Gasteiger partial charge in [-0.05, 0) is 49.1 Å². The van der Waals surface area contributed by atoms with E-state index >= 15 is 0 Å². The summed E-state index contributed by atoms with van der Waals surface area (Å²) in [5, 5.41) is 3.15. The number of para-hydroxylation sites is 1. The summed E-state index contributed by atoms with van der Waals surface area (Å²) in [4.78, 5) is 12.7. The van der Waals surface area contributed by atoms with Crippen LogP contribution in [0.15, 0.2) is 24.3 Å².